The van der Waals surface area contributed by atoms with Crippen molar-refractivity contribution in [3.05, 3.63) is 22.2 Å². The average molecular weight is 291 g/mol. The van der Waals surface area contributed by atoms with Crippen LogP contribution in [0.25, 0.3) is 0 Å². The molecule has 0 saturated carbocycles. The van der Waals surface area contributed by atoms with Gasteiger partial charge in [-0.15, -0.1) is 0 Å². The zero-order valence-electron chi connectivity index (χ0n) is 11.0. The molecule has 3 N–H and O–H groups in total. The molecule has 1 aromatic rings. The highest BCUT2D eigenvalue weighted by atomic mass is 35.5. The van der Waals surface area contributed by atoms with Crippen LogP contribution in [-0.2, 0) is 4.74 Å². The normalized spacial score (nSPS) is 12.8. The van der Waals surface area contributed by atoms with Gasteiger partial charge in [-0.3, -0.25) is 0 Å². The van der Waals surface area contributed by atoms with E-state index in [1.165, 1.54) is 0 Å². The van der Waals surface area contributed by atoms with Crippen molar-refractivity contribution in [2.75, 3.05) is 24.3 Å². The summed E-state index contributed by atoms with van der Waals surface area (Å²) < 4.78 is 5.46. The molecular weight excluding hydrogens is 271 g/mol. The first-order valence-electron chi connectivity index (χ1n) is 6.04. The number of anilines is 2. The summed E-state index contributed by atoms with van der Waals surface area (Å²) >= 11 is 12.3. The lowest BCUT2D eigenvalue weighted by Crippen LogP contribution is -2.31. The zero-order chi connectivity index (χ0) is 13.7. The number of hydrogen-bond donors (Lipinski definition) is 2. The molecule has 0 aromatic heterocycles. The third-order valence-electron chi connectivity index (χ3n) is 2.70. The van der Waals surface area contributed by atoms with E-state index in [1.807, 2.05) is 6.92 Å². The summed E-state index contributed by atoms with van der Waals surface area (Å²) in [7, 11) is 0. The minimum absolute atomic E-state index is 0.156. The second-order valence-electron chi connectivity index (χ2n) is 4.51. The molecule has 0 aliphatic rings. The standard InChI is InChI=1S/C13H20Cl2N2O/c1-4-18-7-12(8(2)3)17-13-10(14)5-9(16)6-11(13)15/h5-6,8,12,17H,4,7,16H2,1-3H3. The largest absolute Gasteiger partial charge is 0.399 e. The molecule has 0 spiro atoms. The van der Waals surface area contributed by atoms with Gasteiger partial charge in [0.1, 0.15) is 0 Å². The monoisotopic (exact) mass is 290 g/mol. The fourth-order valence-electron chi connectivity index (χ4n) is 1.56. The molecule has 0 amide bonds. The molecule has 1 aromatic carbocycles. The topological polar surface area (TPSA) is 47.3 Å². The molecule has 18 heavy (non-hydrogen) atoms. The number of ether oxygens (including phenoxy) is 1. The van der Waals surface area contributed by atoms with E-state index in [4.69, 9.17) is 33.7 Å². The third kappa shape index (κ3) is 4.23. The van der Waals surface area contributed by atoms with Crippen LogP contribution in [0.2, 0.25) is 10.0 Å². The summed E-state index contributed by atoms with van der Waals surface area (Å²) in [6.07, 6.45) is 0. The summed E-state index contributed by atoms with van der Waals surface area (Å²) in [5.74, 6) is 0.404. The Bertz CT molecular complexity index is 374. The quantitative estimate of drug-likeness (QED) is 0.777. The van der Waals surface area contributed by atoms with Gasteiger partial charge in [-0.25, -0.2) is 0 Å². The van der Waals surface area contributed by atoms with Crippen LogP contribution in [0.1, 0.15) is 20.8 Å². The van der Waals surface area contributed by atoms with Crippen molar-refractivity contribution in [1.29, 1.82) is 0 Å². The molecule has 0 aliphatic heterocycles. The Morgan fingerprint density at radius 3 is 2.28 bits per heavy atom. The van der Waals surface area contributed by atoms with Crippen LogP contribution in [0.5, 0.6) is 0 Å². The van der Waals surface area contributed by atoms with E-state index in [0.29, 0.717) is 40.6 Å². The van der Waals surface area contributed by atoms with E-state index in [-0.39, 0.29) is 6.04 Å². The predicted molar refractivity (Wildman–Crippen MR) is 79.6 cm³/mol. The van der Waals surface area contributed by atoms with Crippen molar-refractivity contribution in [2.45, 2.75) is 26.8 Å². The Morgan fingerprint density at radius 2 is 1.83 bits per heavy atom. The summed E-state index contributed by atoms with van der Waals surface area (Å²) in [4.78, 5) is 0. The van der Waals surface area contributed by atoms with Crippen molar-refractivity contribution in [3.63, 3.8) is 0 Å². The van der Waals surface area contributed by atoms with Gasteiger partial charge in [0.05, 0.1) is 28.4 Å². The van der Waals surface area contributed by atoms with E-state index in [2.05, 4.69) is 19.2 Å². The van der Waals surface area contributed by atoms with Crippen molar-refractivity contribution in [3.8, 4) is 0 Å². The van der Waals surface area contributed by atoms with Gasteiger partial charge in [-0.1, -0.05) is 37.0 Å². The maximum atomic E-state index is 6.15. The summed E-state index contributed by atoms with van der Waals surface area (Å²) in [6.45, 7) is 7.52. The van der Waals surface area contributed by atoms with Crippen LogP contribution in [0.15, 0.2) is 12.1 Å². The molecule has 0 heterocycles. The maximum absolute atomic E-state index is 6.15. The summed E-state index contributed by atoms with van der Waals surface area (Å²) in [5, 5.41) is 4.39. The van der Waals surface area contributed by atoms with Gasteiger partial charge < -0.3 is 15.8 Å². The van der Waals surface area contributed by atoms with Crippen molar-refractivity contribution >= 4 is 34.6 Å². The average Bonchev–Trinajstić information content (AvgIpc) is 2.26. The first-order valence-corrected chi connectivity index (χ1v) is 6.80. The van der Waals surface area contributed by atoms with Gasteiger partial charge in [-0.2, -0.15) is 0 Å². The molecule has 102 valence electrons. The second-order valence-corrected chi connectivity index (χ2v) is 5.33. The first kappa shape index (κ1) is 15.4. The molecule has 1 unspecified atom stereocenters. The van der Waals surface area contributed by atoms with Crippen LogP contribution < -0.4 is 11.1 Å². The number of benzene rings is 1. The Balaban J connectivity index is 2.86. The molecule has 0 saturated heterocycles. The maximum Gasteiger partial charge on any atom is 0.0723 e. The molecular formula is C13H20Cl2N2O. The smallest absolute Gasteiger partial charge is 0.0723 e. The van der Waals surface area contributed by atoms with Gasteiger partial charge >= 0.3 is 0 Å². The number of nitrogens with two attached hydrogens (primary N) is 1. The highest BCUT2D eigenvalue weighted by Crippen LogP contribution is 2.33. The molecule has 3 nitrogen and oxygen atoms in total. The lowest BCUT2D eigenvalue weighted by Gasteiger charge is -2.24. The van der Waals surface area contributed by atoms with E-state index < -0.39 is 0 Å². The Hall–Kier alpha value is -0.640. The Kier molecular flexibility index (Phi) is 6.06. The van der Waals surface area contributed by atoms with Crippen molar-refractivity contribution < 1.29 is 4.74 Å². The van der Waals surface area contributed by atoms with Crippen LogP contribution in [-0.4, -0.2) is 19.3 Å². The van der Waals surface area contributed by atoms with E-state index >= 15 is 0 Å². The summed E-state index contributed by atoms with van der Waals surface area (Å²) in [6, 6.07) is 3.53. The molecule has 5 heteroatoms. The van der Waals surface area contributed by atoms with E-state index in [1.54, 1.807) is 12.1 Å². The van der Waals surface area contributed by atoms with E-state index in [0.717, 1.165) is 0 Å². The van der Waals surface area contributed by atoms with Gasteiger partial charge in [0, 0.05) is 12.3 Å². The van der Waals surface area contributed by atoms with Crippen LogP contribution in [0, 0.1) is 5.92 Å². The number of nitrogens with one attached hydrogen (secondary N) is 1. The predicted octanol–water partition coefficient (Wildman–Crippen LogP) is 4.05. The third-order valence-corrected chi connectivity index (χ3v) is 3.30. The lowest BCUT2D eigenvalue weighted by molar-refractivity contribution is 0.127. The second kappa shape index (κ2) is 7.07. The molecule has 0 radical (unpaired) electrons. The van der Waals surface area contributed by atoms with Crippen molar-refractivity contribution in [1.82, 2.24) is 0 Å². The highest BCUT2D eigenvalue weighted by Gasteiger charge is 2.16. The molecule has 1 atom stereocenters. The molecule has 1 rings (SSSR count). The minimum Gasteiger partial charge on any atom is -0.399 e. The SMILES string of the molecule is CCOCC(Nc1c(Cl)cc(N)cc1Cl)C(C)C. The number of nitrogen functional groups attached to an aromatic ring is 1. The van der Waals surface area contributed by atoms with Crippen LogP contribution in [0.3, 0.4) is 0 Å². The number of hydrogen-bond acceptors (Lipinski definition) is 3. The fraction of sp³-hybridized carbons (Fsp3) is 0.538. The van der Waals surface area contributed by atoms with Gasteiger partial charge in [0.15, 0.2) is 0 Å². The molecule has 0 bridgehead atoms. The van der Waals surface area contributed by atoms with E-state index in [9.17, 15) is 0 Å². The fourth-order valence-corrected chi connectivity index (χ4v) is 2.17. The van der Waals surface area contributed by atoms with Crippen LogP contribution >= 0.6 is 23.2 Å². The number of rotatable bonds is 6. The Morgan fingerprint density at radius 1 is 1.28 bits per heavy atom. The van der Waals surface area contributed by atoms with Gasteiger partial charge in [0.2, 0.25) is 0 Å². The minimum atomic E-state index is 0.156. The van der Waals surface area contributed by atoms with Gasteiger partial charge in [-0.05, 0) is 25.0 Å². The van der Waals surface area contributed by atoms with Crippen molar-refractivity contribution in [2.24, 2.45) is 5.92 Å². The zero-order valence-corrected chi connectivity index (χ0v) is 12.5. The van der Waals surface area contributed by atoms with Crippen LogP contribution in [0.4, 0.5) is 11.4 Å². The first-order chi connectivity index (χ1) is 8.45. The molecule has 0 aliphatic carbocycles. The summed E-state index contributed by atoms with van der Waals surface area (Å²) in [5.41, 5.74) is 6.95. The lowest BCUT2D eigenvalue weighted by atomic mass is 10.0. The highest BCUT2D eigenvalue weighted by molar-refractivity contribution is 6.39. The molecule has 0 fully saturated rings. The number of halogens is 2. The van der Waals surface area contributed by atoms with Gasteiger partial charge in [0.25, 0.3) is 0 Å². The Labute approximate surface area is 119 Å².